The van der Waals surface area contributed by atoms with Crippen molar-refractivity contribution in [3.63, 3.8) is 0 Å². The maximum absolute atomic E-state index is 12.4. The van der Waals surface area contributed by atoms with Gasteiger partial charge in [-0.15, -0.1) is 0 Å². The normalized spacial score (nSPS) is 10.6. The van der Waals surface area contributed by atoms with Crippen molar-refractivity contribution >= 4 is 22.8 Å². The molecular weight excluding hydrogens is 298 g/mol. The van der Waals surface area contributed by atoms with E-state index in [9.17, 15) is 14.4 Å². The third-order valence-electron chi connectivity index (χ3n) is 3.67. The Morgan fingerprint density at radius 1 is 1.26 bits per heavy atom. The number of likely N-dealkylation sites (N-methyl/N-ethyl adjacent to an activating group) is 1. The summed E-state index contributed by atoms with van der Waals surface area (Å²) in [6.07, 6.45) is 1.33. The molecule has 1 aromatic heterocycles. The summed E-state index contributed by atoms with van der Waals surface area (Å²) in [6.45, 7) is 4.90. The molecule has 7 heteroatoms. The topological polar surface area (TPSA) is 81.5 Å². The quantitative estimate of drug-likeness (QED) is 0.770. The highest BCUT2D eigenvalue weighted by atomic mass is 16.5. The first-order chi connectivity index (χ1) is 11.0. The first kappa shape index (κ1) is 16.7. The molecule has 0 radical (unpaired) electrons. The number of carbonyl (C=O) groups excluding carboxylic acids is 2. The Bertz CT molecular complexity index is 794. The molecule has 0 bridgehead atoms. The number of fused-ring (bicyclic) bond motifs is 1. The Kier molecular flexibility index (Phi) is 5.10. The molecule has 0 aliphatic carbocycles. The highest BCUT2D eigenvalue weighted by Crippen LogP contribution is 2.11. The van der Waals surface area contributed by atoms with Crippen LogP contribution in [0.5, 0.6) is 0 Å². The summed E-state index contributed by atoms with van der Waals surface area (Å²) in [6, 6.07) is 4.53. The van der Waals surface area contributed by atoms with Crippen LogP contribution in [0.1, 0.15) is 24.2 Å². The molecule has 7 nitrogen and oxygen atoms in total. The molecule has 0 spiro atoms. The van der Waals surface area contributed by atoms with Crippen LogP contribution in [0.25, 0.3) is 10.9 Å². The zero-order valence-corrected chi connectivity index (χ0v) is 13.4. The Hall–Kier alpha value is -2.70. The van der Waals surface area contributed by atoms with Crippen LogP contribution in [0.15, 0.2) is 29.3 Å². The molecule has 122 valence electrons. The highest BCUT2D eigenvalue weighted by Gasteiger charge is 2.14. The van der Waals surface area contributed by atoms with Crippen molar-refractivity contribution in [1.82, 2.24) is 14.5 Å². The van der Waals surface area contributed by atoms with Gasteiger partial charge in [-0.2, -0.15) is 0 Å². The fraction of sp³-hybridized carbons (Fsp3) is 0.375. The lowest BCUT2D eigenvalue weighted by molar-refractivity contribution is -0.131. The summed E-state index contributed by atoms with van der Waals surface area (Å²) in [5.41, 5.74) is 0.403. The van der Waals surface area contributed by atoms with Crippen molar-refractivity contribution in [2.24, 2.45) is 0 Å². The van der Waals surface area contributed by atoms with E-state index in [2.05, 4.69) is 9.72 Å². The van der Waals surface area contributed by atoms with Gasteiger partial charge in [0.1, 0.15) is 6.54 Å². The van der Waals surface area contributed by atoms with Crippen LogP contribution in [0, 0.1) is 0 Å². The van der Waals surface area contributed by atoms with E-state index in [1.54, 1.807) is 4.90 Å². The third-order valence-corrected chi connectivity index (χ3v) is 3.67. The molecule has 23 heavy (non-hydrogen) atoms. The van der Waals surface area contributed by atoms with Gasteiger partial charge in [-0.3, -0.25) is 14.2 Å². The van der Waals surface area contributed by atoms with Crippen LogP contribution in [0.2, 0.25) is 0 Å². The van der Waals surface area contributed by atoms with Crippen molar-refractivity contribution in [1.29, 1.82) is 0 Å². The van der Waals surface area contributed by atoms with E-state index in [-0.39, 0.29) is 18.0 Å². The van der Waals surface area contributed by atoms with Crippen LogP contribution >= 0.6 is 0 Å². The number of benzene rings is 1. The number of nitrogens with zero attached hydrogens (tertiary/aromatic N) is 3. The minimum Gasteiger partial charge on any atom is -0.465 e. The standard InChI is InChI=1S/C16H19N3O4/c1-4-18(5-2)14(20)9-19-10-17-13-8-11(16(22)23-3)6-7-12(13)15(19)21/h6-8,10H,4-5,9H2,1-3H3. The number of amides is 1. The van der Waals surface area contributed by atoms with Gasteiger partial charge in [-0.25, -0.2) is 9.78 Å². The minimum absolute atomic E-state index is 0.0534. The number of esters is 1. The van der Waals surface area contributed by atoms with Gasteiger partial charge in [0.15, 0.2) is 0 Å². The van der Waals surface area contributed by atoms with Crippen LogP contribution < -0.4 is 5.56 Å². The van der Waals surface area contributed by atoms with Gasteiger partial charge in [0, 0.05) is 13.1 Å². The maximum atomic E-state index is 12.4. The Morgan fingerprint density at radius 3 is 2.57 bits per heavy atom. The second kappa shape index (κ2) is 7.04. The number of ether oxygens (including phenoxy) is 1. The molecule has 0 aliphatic heterocycles. The van der Waals surface area contributed by atoms with Crippen molar-refractivity contribution in [3.8, 4) is 0 Å². The van der Waals surface area contributed by atoms with Gasteiger partial charge in [0.25, 0.3) is 5.56 Å². The fourth-order valence-electron chi connectivity index (χ4n) is 2.34. The fourth-order valence-corrected chi connectivity index (χ4v) is 2.34. The third kappa shape index (κ3) is 3.39. The van der Waals surface area contributed by atoms with Gasteiger partial charge >= 0.3 is 5.97 Å². The summed E-state index contributed by atoms with van der Waals surface area (Å²) in [5.74, 6) is -0.626. The average Bonchev–Trinajstić information content (AvgIpc) is 2.57. The first-order valence-corrected chi connectivity index (χ1v) is 7.37. The summed E-state index contributed by atoms with van der Waals surface area (Å²) in [5, 5.41) is 0.354. The monoisotopic (exact) mass is 317 g/mol. The molecule has 0 saturated heterocycles. The summed E-state index contributed by atoms with van der Waals surface area (Å²) in [7, 11) is 1.29. The number of methoxy groups -OCH3 is 1. The molecule has 1 amide bonds. The molecule has 0 aliphatic rings. The van der Waals surface area contributed by atoms with Crippen LogP contribution in [-0.4, -0.2) is 46.5 Å². The van der Waals surface area contributed by atoms with Crippen molar-refractivity contribution in [2.75, 3.05) is 20.2 Å². The predicted octanol–water partition coefficient (Wildman–Crippen LogP) is 1.05. The highest BCUT2D eigenvalue weighted by molar-refractivity contribution is 5.94. The molecule has 0 saturated carbocycles. The van der Waals surface area contributed by atoms with Crippen LogP contribution in [-0.2, 0) is 16.1 Å². The molecule has 0 fully saturated rings. The van der Waals surface area contributed by atoms with Gasteiger partial charge < -0.3 is 9.64 Å². The van der Waals surface area contributed by atoms with E-state index in [0.717, 1.165) is 0 Å². The lowest BCUT2D eigenvalue weighted by Gasteiger charge is -2.19. The Balaban J connectivity index is 2.38. The van der Waals surface area contributed by atoms with Gasteiger partial charge in [-0.1, -0.05) is 0 Å². The average molecular weight is 317 g/mol. The molecule has 0 N–H and O–H groups in total. The van der Waals surface area contributed by atoms with Gasteiger partial charge in [0.05, 0.1) is 29.9 Å². The van der Waals surface area contributed by atoms with E-state index in [4.69, 9.17) is 0 Å². The number of aromatic nitrogens is 2. The zero-order valence-electron chi connectivity index (χ0n) is 13.4. The molecule has 1 heterocycles. The molecular formula is C16H19N3O4. The molecule has 1 aromatic carbocycles. The lowest BCUT2D eigenvalue weighted by Crippen LogP contribution is -2.36. The van der Waals surface area contributed by atoms with Crippen LogP contribution in [0.4, 0.5) is 0 Å². The summed E-state index contributed by atoms with van der Waals surface area (Å²) in [4.78, 5) is 41.9. The summed E-state index contributed by atoms with van der Waals surface area (Å²) >= 11 is 0. The molecule has 2 aromatic rings. The molecule has 0 unspecified atom stereocenters. The van der Waals surface area contributed by atoms with E-state index in [1.165, 1.54) is 36.2 Å². The van der Waals surface area contributed by atoms with Gasteiger partial charge in [0.2, 0.25) is 5.91 Å². The predicted molar refractivity (Wildman–Crippen MR) is 85.3 cm³/mol. The Morgan fingerprint density at radius 2 is 1.96 bits per heavy atom. The number of carbonyl (C=O) groups is 2. The smallest absolute Gasteiger partial charge is 0.337 e. The van der Waals surface area contributed by atoms with E-state index >= 15 is 0 Å². The number of hydrogen-bond acceptors (Lipinski definition) is 5. The van der Waals surface area contributed by atoms with E-state index in [1.807, 2.05) is 13.8 Å². The van der Waals surface area contributed by atoms with Crippen LogP contribution in [0.3, 0.4) is 0 Å². The summed E-state index contributed by atoms with van der Waals surface area (Å²) < 4.78 is 5.92. The SMILES string of the molecule is CCN(CC)C(=O)Cn1cnc2cc(C(=O)OC)ccc2c1=O. The number of hydrogen-bond donors (Lipinski definition) is 0. The molecule has 2 rings (SSSR count). The Labute approximate surface area is 133 Å². The second-order valence-electron chi connectivity index (χ2n) is 4.97. The van der Waals surface area contributed by atoms with Crippen molar-refractivity contribution < 1.29 is 14.3 Å². The zero-order chi connectivity index (χ0) is 17.0. The van der Waals surface area contributed by atoms with Gasteiger partial charge in [-0.05, 0) is 32.0 Å². The molecule has 0 atom stereocenters. The van der Waals surface area contributed by atoms with Crippen molar-refractivity contribution in [3.05, 3.63) is 40.4 Å². The minimum atomic E-state index is -0.491. The van der Waals surface area contributed by atoms with E-state index < -0.39 is 5.97 Å². The van der Waals surface area contributed by atoms with E-state index in [0.29, 0.717) is 29.6 Å². The first-order valence-electron chi connectivity index (χ1n) is 7.37. The lowest BCUT2D eigenvalue weighted by atomic mass is 10.1. The number of rotatable bonds is 5. The second-order valence-corrected chi connectivity index (χ2v) is 4.97. The maximum Gasteiger partial charge on any atom is 0.337 e. The van der Waals surface area contributed by atoms with Crippen molar-refractivity contribution in [2.45, 2.75) is 20.4 Å². The largest absolute Gasteiger partial charge is 0.465 e.